The van der Waals surface area contributed by atoms with Gasteiger partial charge in [-0.15, -0.1) is 0 Å². The molecule has 3 fully saturated rings. The molecule has 5 nitrogen and oxygen atoms in total. The lowest BCUT2D eigenvalue weighted by Crippen LogP contribution is -2.35. The van der Waals surface area contributed by atoms with E-state index in [4.69, 9.17) is 0 Å². The molecule has 0 aromatic heterocycles. The minimum Gasteiger partial charge on any atom is -0.300 e. The third kappa shape index (κ3) is 0.730. The number of hydrogen-bond donors (Lipinski definition) is 0. The van der Waals surface area contributed by atoms with Crippen molar-refractivity contribution in [3.63, 3.8) is 0 Å². The fourth-order valence-electron chi connectivity index (χ4n) is 3.72. The van der Waals surface area contributed by atoms with Gasteiger partial charge >= 0.3 is 0 Å². The van der Waals surface area contributed by atoms with Crippen molar-refractivity contribution in [2.45, 2.75) is 25.7 Å². The molecule has 16 heavy (non-hydrogen) atoms. The molecule has 0 bridgehead atoms. The summed E-state index contributed by atoms with van der Waals surface area (Å²) in [6.45, 7) is 0. The molecule has 2 amide bonds. The predicted octanol–water partition coefficient (Wildman–Crippen LogP) is -0.316. The fraction of sp³-hybridized carbons (Fsp3) is 0.636. The molecule has 3 rings (SSSR count). The molecule has 0 atom stereocenters. The largest absolute Gasteiger partial charge is 0.300 e. The molecule has 1 aliphatic heterocycles. The van der Waals surface area contributed by atoms with E-state index in [2.05, 4.69) is 0 Å². The van der Waals surface area contributed by atoms with E-state index in [1.165, 1.54) is 7.05 Å². The molecule has 5 heteroatoms. The Kier molecular flexibility index (Phi) is 1.46. The number of rotatable bonds is 0. The van der Waals surface area contributed by atoms with Crippen LogP contribution >= 0.6 is 0 Å². The molecule has 0 aromatic rings. The second-order valence-electron chi connectivity index (χ2n) is 5.12. The molecule has 3 aliphatic rings. The predicted molar refractivity (Wildman–Crippen MR) is 51.1 cm³/mol. The highest BCUT2D eigenvalue weighted by molar-refractivity contribution is 6.19. The van der Waals surface area contributed by atoms with Crippen molar-refractivity contribution in [1.29, 1.82) is 0 Å². The average molecular weight is 221 g/mol. The molecule has 84 valence electrons. The van der Waals surface area contributed by atoms with Crippen LogP contribution in [-0.2, 0) is 19.2 Å². The van der Waals surface area contributed by atoms with Crippen molar-refractivity contribution in [1.82, 2.24) is 4.90 Å². The van der Waals surface area contributed by atoms with E-state index in [0.717, 1.165) is 4.90 Å². The minimum atomic E-state index is -1.02. The first-order chi connectivity index (χ1) is 7.43. The van der Waals surface area contributed by atoms with Crippen LogP contribution in [-0.4, -0.2) is 35.3 Å². The minimum absolute atomic E-state index is 0.0631. The van der Waals surface area contributed by atoms with Crippen molar-refractivity contribution in [2.75, 3.05) is 7.05 Å². The van der Waals surface area contributed by atoms with Gasteiger partial charge in [-0.2, -0.15) is 0 Å². The van der Waals surface area contributed by atoms with Crippen LogP contribution in [0.1, 0.15) is 25.7 Å². The van der Waals surface area contributed by atoms with Crippen molar-refractivity contribution in [3.05, 3.63) is 0 Å². The Morgan fingerprint density at radius 2 is 1.12 bits per heavy atom. The zero-order valence-electron chi connectivity index (χ0n) is 8.91. The van der Waals surface area contributed by atoms with Crippen molar-refractivity contribution >= 4 is 23.4 Å². The van der Waals surface area contributed by atoms with Gasteiger partial charge in [0.25, 0.3) is 0 Å². The van der Waals surface area contributed by atoms with Crippen molar-refractivity contribution < 1.29 is 19.2 Å². The number of likely N-dealkylation sites (tertiary alicyclic amines) is 1. The van der Waals surface area contributed by atoms with Crippen LogP contribution in [0.3, 0.4) is 0 Å². The first-order valence-electron chi connectivity index (χ1n) is 5.29. The van der Waals surface area contributed by atoms with E-state index in [1.54, 1.807) is 0 Å². The second kappa shape index (κ2) is 2.42. The quantitative estimate of drug-likeness (QED) is 0.526. The highest BCUT2D eigenvalue weighted by atomic mass is 16.2. The number of nitrogens with zero attached hydrogens (tertiary/aromatic N) is 1. The van der Waals surface area contributed by atoms with Crippen LogP contribution < -0.4 is 0 Å². The summed E-state index contributed by atoms with van der Waals surface area (Å²) in [4.78, 5) is 48.3. The van der Waals surface area contributed by atoms with Gasteiger partial charge in [-0.05, 0) is 0 Å². The van der Waals surface area contributed by atoms with E-state index in [9.17, 15) is 19.2 Å². The summed E-state index contributed by atoms with van der Waals surface area (Å²) < 4.78 is 0. The number of amides is 2. The third-order valence-corrected chi connectivity index (χ3v) is 4.34. The van der Waals surface area contributed by atoms with Crippen molar-refractivity contribution in [2.24, 2.45) is 10.8 Å². The lowest BCUT2D eigenvalue weighted by Gasteiger charge is -2.25. The van der Waals surface area contributed by atoms with E-state index in [0.29, 0.717) is 0 Å². The summed E-state index contributed by atoms with van der Waals surface area (Å²) in [6, 6.07) is 0. The fourth-order valence-corrected chi connectivity index (χ4v) is 3.72. The Labute approximate surface area is 91.8 Å². The highest BCUT2D eigenvalue weighted by Crippen LogP contribution is 2.65. The first-order valence-corrected chi connectivity index (χ1v) is 5.29. The Balaban J connectivity index is 2.24. The van der Waals surface area contributed by atoms with E-state index in [-0.39, 0.29) is 49.1 Å². The average Bonchev–Trinajstić information content (AvgIpc) is 2.66. The van der Waals surface area contributed by atoms with Gasteiger partial charge in [0, 0.05) is 32.7 Å². The molecule has 1 heterocycles. The van der Waals surface area contributed by atoms with Crippen LogP contribution in [0.15, 0.2) is 0 Å². The Morgan fingerprint density at radius 3 is 1.44 bits per heavy atom. The van der Waals surface area contributed by atoms with Gasteiger partial charge in [-0.25, -0.2) is 0 Å². The molecular weight excluding hydrogens is 210 g/mol. The number of carbonyl (C=O) groups excluding carboxylic acids is 4. The monoisotopic (exact) mass is 221 g/mol. The first kappa shape index (κ1) is 9.69. The molecule has 0 spiro atoms. The number of carbonyl (C=O) groups is 4. The summed E-state index contributed by atoms with van der Waals surface area (Å²) in [5.74, 6) is -0.812. The van der Waals surface area contributed by atoms with Crippen molar-refractivity contribution in [3.8, 4) is 0 Å². The molecule has 2 aliphatic carbocycles. The molecule has 0 N–H and O–H groups in total. The van der Waals surface area contributed by atoms with Gasteiger partial charge < -0.3 is 0 Å². The summed E-state index contributed by atoms with van der Waals surface area (Å²) >= 11 is 0. The Hall–Kier alpha value is -1.52. The van der Waals surface area contributed by atoms with Gasteiger partial charge in [-0.1, -0.05) is 0 Å². The van der Waals surface area contributed by atoms with Gasteiger partial charge in [-0.3, -0.25) is 24.1 Å². The number of Topliss-reactive ketones (excluding diaryl/α,β-unsaturated/α-hetero) is 2. The maximum Gasteiger partial charge on any atom is 0.237 e. The van der Waals surface area contributed by atoms with Crippen LogP contribution in [0.25, 0.3) is 0 Å². The second-order valence-corrected chi connectivity index (χ2v) is 5.12. The molecule has 0 radical (unpaired) electrons. The molecule has 0 unspecified atom stereocenters. The summed E-state index contributed by atoms with van der Waals surface area (Å²) in [5.41, 5.74) is -2.04. The third-order valence-electron chi connectivity index (χ3n) is 4.34. The molecule has 1 saturated heterocycles. The van der Waals surface area contributed by atoms with Crippen LogP contribution in [0, 0.1) is 10.8 Å². The lowest BCUT2D eigenvalue weighted by molar-refractivity contribution is -0.144. The van der Waals surface area contributed by atoms with Crippen LogP contribution in [0.4, 0.5) is 0 Å². The van der Waals surface area contributed by atoms with Crippen LogP contribution in [0.2, 0.25) is 0 Å². The zero-order chi connectivity index (χ0) is 11.7. The topological polar surface area (TPSA) is 71.5 Å². The molecule has 2 saturated carbocycles. The molecule has 0 aromatic carbocycles. The van der Waals surface area contributed by atoms with E-state index >= 15 is 0 Å². The van der Waals surface area contributed by atoms with E-state index < -0.39 is 10.8 Å². The Bertz CT molecular complexity index is 407. The standard InChI is InChI=1S/C11H11NO4/c1-12-8(15)10-2-6(13)3-11(10,9(12)16)5-7(14)4-10/h2-5H2,1H3. The van der Waals surface area contributed by atoms with Gasteiger partial charge in [0.15, 0.2) is 0 Å². The van der Waals surface area contributed by atoms with Gasteiger partial charge in [0.1, 0.15) is 11.6 Å². The summed E-state index contributed by atoms with van der Waals surface area (Å²) in [6.07, 6.45) is 0.253. The summed E-state index contributed by atoms with van der Waals surface area (Å²) in [5, 5.41) is 0. The smallest absolute Gasteiger partial charge is 0.237 e. The number of imide groups is 1. The van der Waals surface area contributed by atoms with Gasteiger partial charge in [0.2, 0.25) is 11.8 Å². The number of hydrogen-bond acceptors (Lipinski definition) is 4. The lowest BCUT2D eigenvalue weighted by atomic mass is 9.70. The summed E-state index contributed by atoms with van der Waals surface area (Å²) in [7, 11) is 1.44. The van der Waals surface area contributed by atoms with Crippen LogP contribution in [0.5, 0.6) is 0 Å². The Morgan fingerprint density at radius 1 is 0.812 bits per heavy atom. The van der Waals surface area contributed by atoms with Gasteiger partial charge in [0.05, 0.1) is 10.8 Å². The highest BCUT2D eigenvalue weighted by Gasteiger charge is 2.76. The number of ketones is 2. The zero-order valence-corrected chi connectivity index (χ0v) is 8.91. The maximum atomic E-state index is 12.1. The van der Waals surface area contributed by atoms with E-state index in [1.807, 2.05) is 0 Å². The molecular formula is C11H11NO4. The SMILES string of the molecule is CN1C(=O)C23CC(=O)CC2(CC(=O)C3)C1=O. The normalized spacial score (nSPS) is 41.9. The maximum absolute atomic E-state index is 12.1.